The Morgan fingerprint density at radius 2 is 2.07 bits per heavy atom. The highest BCUT2D eigenvalue weighted by Gasteiger charge is 2.08. The van der Waals surface area contributed by atoms with Crippen LogP contribution in [0.2, 0.25) is 0 Å². The van der Waals surface area contributed by atoms with Gasteiger partial charge in [-0.15, -0.1) is 0 Å². The molecule has 0 aromatic carbocycles. The summed E-state index contributed by atoms with van der Waals surface area (Å²) in [7, 11) is 0. The highest BCUT2D eigenvalue weighted by molar-refractivity contribution is 4.94. The molecule has 0 saturated heterocycles. The van der Waals surface area contributed by atoms with Gasteiger partial charge in [-0.05, 0) is 13.1 Å². The Bertz CT molecular complexity index is 207. The molecule has 4 nitrogen and oxygen atoms in total. The van der Waals surface area contributed by atoms with Gasteiger partial charge in [-0.3, -0.25) is 0 Å². The minimum absolute atomic E-state index is 0.677. The smallest absolute Gasteiger partial charge is 0.0936 e. The monoisotopic (exact) mass is 212 g/mol. The number of ether oxygens (including phenoxy) is 2. The lowest BCUT2D eigenvalue weighted by Crippen LogP contribution is -2.25. The van der Waals surface area contributed by atoms with Gasteiger partial charge in [0.15, 0.2) is 0 Å². The quantitative estimate of drug-likeness (QED) is 0.565. The van der Waals surface area contributed by atoms with Crippen LogP contribution in [0.4, 0.5) is 0 Å². The molecular weight excluding hydrogens is 192 g/mol. The molecule has 1 rings (SSSR count). The molecule has 15 heavy (non-hydrogen) atoms. The van der Waals surface area contributed by atoms with E-state index in [1.807, 2.05) is 30.4 Å². The molecule has 0 unspecified atom stereocenters. The maximum absolute atomic E-state index is 5.42. The van der Waals surface area contributed by atoms with Gasteiger partial charge >= 0.3 is 0 Å². The Balaban J connectivity index is 1.93. The average Bonchev–Trinajstić information content (AvgIpc) is 2.71. The van der Waals surface area contributed by atoms with Gasteiger partial charge in [0.1, 0.15) is 0 Å². The third kappa shape index (κ3) is 4.85. The Labute approximate surface area is 91.8 Å². The SMILES string of the molecule is C=CN1C=CN(CCOCCOCC)C1. The summed E-state index contributed by atoms with van der Waals surface area (Å²) in [6.07, 6.45) is 5.87. The average molecular weight is 212 g/mol. The second-order valence-electron chi connectivity index (χ2n) is 3.26. The van der Waals surface area contributed by atoms with Crippen molar-refractivity contribution in [1.29, 1.82) is 0 Å². The topological polar surface area (TPSA) is 24.9 Å². The predicted molar refractivity (Wildman–Crippen MR) is 60.1 cm³/mol. The third-order valence-electron chi connectivity index (χ3n) is 2.15. The third-order valence-corrected chi connectivity index (χ3v) is 2.15. The van der Waals surface area contributed by atoms with Crippen molar-refractivity contribution in [3.8, 4) is 0 Å². The fourth-order valence-corrected chi connectivity index (χ4v) is 1.29. The maximum Gasteiger partial charge on any atom is 0.0936 e. The lowest BCUT2D eigenvalue weighted by molar-refractivity contribution is 0.0463. The first-order valence-corrected chi connectivity index (χ1v) is 5.33. The van der Waals surface area contributed by atoms with Crippen molar-refractivity contribution in [3.05, 3.63) is 25.2 Å². The zero-order chi connectivity index (χ0) is 10.9. The molecule has 4 heteroatoms. The lowest BCUT2D eigenvalue weighted by atomic mass is 10.6. The molecular formula is C11H20N2O2. The highest BCUT2D eigenvalue weighted by atomic mass is 16.5. The summed E-state index contributed by atoms with van der Waals surface area (Å²) in [5.41, 5.74) is 0. The van der Waals surface area contributed by atoms with E-state index in [9.17, 15) is 0 Å². The molecule has 0 bridgehead atoms. The van der Waals surface area contributed by atoms with Crippen molar-refractivity contribution >= 4 is 0 Å². The summed E-state index contributed by atoms with van der Waals surface area (Å²) in [5.74, 6) is 0. The second-order valence-corrected chi connectivity index (χ2v) is 3.26. The molecule has 0 spiro atoms. The molecule has 0 fully saturated rings. The molecule has 1 aliphatic rings. The van der Waals surface area contributed by atoms with Crippen LogP contribution in [0, 0.1) is 0 Å². The first kappa shape index (κ1) is 12.1. The van der Waals surface area contributed by atoms with Crippen LogP contribution in [0.3, 0.4) is 0 Å². The molecule has 1 aliphatic heterocycles. The van der Waals surface area contributed by atoms with Crippen LogP contribution in [0.1, 0.15) is 6.92 Å². The van der Waals surface area contributed by atoms with Crippen molar-refractivity contribution in [3.63, 3.8) is 0 Å². The molecule has 0 atom stereocenters. The molecule has 86 valence electrons. The minimum atomic E-state index is 0.677. The van der Waals surface area contributed by atoms with Crippen LogP contribution in [-0.2, 0) is 9.47 Å². The zero-order valence-electron chi connectivity index (χ0n) is 9.39. The zero-order valence-corrected chi connectivity index (χ0v) is 9.39. The number of rotatable bonds is 8. The standard InChI is InChI=1S/C11H20N2O2/c1-3-12-5-6-13(11-12)7-8-15-10-9-14-4-2/h3,5-6H,1,4,7-11H2,2H3. The second kappa shape index (κ2) is 7.31. The lowest BCUT2D eigenvalue weighted by Gasteiger charge is -2.18. The van der Waals surface area contributed by atoms with Crippen molar-refractivity contribution in [2.24, 2.45) is 0 Å². The Morgan fingerprint density at radius 1 is 1.27 bits per heavy atom. The summed E-state index contributed by atoms with van der Waals surface area (Å²) >= 11 is 0. The van der Waals surface area contributed by atoms with E-state index in [0.29, 0.717) is 13.2 Å². The van der Waals surface area contributed by atoms with Gasteiger partial charge in [0.2, 0.25) is 0 Å². The molecule has 1 heterocycles. The number of nitrogens with zero attached hydrogens (tertiary/aromatic N) is 2. The van der Waals surface area contributed by atoms with Gasteiger partial charge in [-0.2, -0.15) is 0 Å². The van der Waals surface area contributed by atoms with E-state index in [0.717, 1.165) is 26.4 Å². The Morgan fingerprint density at radius 3 is 2.73 bits per heavy atom. The van der Waals surface area contributed by atoms with Crippen LogP contribution >= 0.6 is 0 Å². The summed E-state index contributed by atoms with van der Waals surface area (Å²) < 4.78 is 10.6. The first-order chi connectivity index (χ1) is 7.36. The maximum atomic E-state index is 5.42. The van der Waals surface area contributed by atoms with E-state index in [1.165, 1.54) is 0 Å². The van der Waals surface area contributed by atoms with E-state index in [2.05, 4.69) is 11.5 Å². The van der Waals surface area contributed by atoms with Gasteiger partial charge in [-0.1, -0.05) is 6.58 Å². The minimum Gasteiger partial charge on any atom is -0.379 e. The summed E-state index contributed by atoms with van der Waals surface area (Å²) in [6.45, 7) is 10.3. The Hall–Kier alpha value is -1.00. The summed E-state index contributed by atoms with van der Waals surface area (Å²) in [6, 6.07) is 0. The van der Waals surface area contributed by atoms with E-state index in [-0.39, 0.29) is 0 Å². The van der Waals surface area contributed by atoms with Crippen LogP contribution in [-0.4, -0.2) is 49.4 Å². The molecule has 0 aliphatic carbocycles. The van der Waals surface area contributed by atoms with Gasteiger partial charge in [0, 0.05) is 25.6 Å². The molecule has 0 amide bonds. The van der Waals surface area contributed by atoms with Crippen molar-refractivity contribution in [2.45, 2.75) is 6.92 Å². The molecule has 0 radical (unpaired) electrons. The van der Waals surface area contributed by atoms with Crippen LogP contribution < -0.4 is 0 Å². The van der Waals surface area contributed by atoms with E-state index < -0.39 is 0 Å². The number of hydrogen-bond acceptors (Lipinski definition) is 4. The Kier molecular flexibility index (Phi) is 5.88. The van der Waals surface area contributed by atoms with Gasteiger partial charge in [-0.25, -0.2) is 0 Å². The number of hydrogen-bond donors (Lipinski definition) is 0. The fraction of sp³-hybridized carbons (Fsp3) is 0.636. The fourth-order valence-electron chi connectivity index (χ4n) is 1.29. The van der Waals surface area contributed by atoms with Crippen molar-refractivity contribution in [1.82, 2.24) is 9.80 Å². The summed E-state index contributed by atoms with van der Waals surface area (Å²) in [5, 5.41) is 0. The van der Waals surface area contributed by atoms with Gasteiger partial charge in [0.05, 0.1) is 26.5 Å². The highest BCUT2D eigenvalue weighted by Crippen LogP contribution is 2.05. The van der Waals surface area contributed by atoms with E-state index in [1.54, 1.807) is 0 Å². The van der Waals surface area contributed by atoms with Crippen LogP contribution in [0.15, 0.2) is 25.2 Å². The summed E-state index contributed by atoms with van der Waals surface area (Å²) in [4.78, 5) is 4.21. The van der Waals surface area contributed by atoms with Crippen molar-refractivity contribution < 1.29 is 9.47 Å². The molecule has 0 N–H and O–H groups in total. The van der Waals surface area contributed by atoms with Crippen LogP contribution in [0.25, 0.3) is 0 Å². The molecule has 0 aromatic rings. The predicted octanol–water partition coefficient (Wildman–Crippen LogP) is 1.23. The normalized spacial score (nSPS) is 15.0. The molecule has 0 aromatic heterocycles. The first-order valence-electron chi connectivity index (χ1n) is 5.33. The van der Waals surface area contributed by atoms with Crippen LogP contribution in [0.5, 0.6) is 0 Å². The van der Waals surface area contributed by atoms with Gasteiger partial charge in [0.25, 0.3) is 0 Å². The van der Waals surface area contributed by atoms with Gasteiger partial charge < -0.3 is 19.3 Å². The largest absolute Gasteiger partial charge is 0.379 e. The molecule has 0 saturated carbocycles. The van der Waals surface area contributed by atoms with Crippen molar-refractivity contribution in [2.75, 3.05) is 39.6 Å². The van der Waals surface area contributed by atoms with E-state index >= 15 is 0 Å². The van der Waals surface area contributed by atoms with E-state index in [4.69, 9.17) is 9.47 Å².